The molecular weight excluding hydrogens is 1770 g/mol. The number of halogens is 3. The molecule has 0 aliphatic heterocycles. The van der Waals surface area contributed by atoms with E-state index in [2.05, 4.69) is 348 Å². The number of phenolic OH excluding ortho intramolecular Hbond substituents is 5. The Morgan fingerprint density at radius 1 is 0.237 bits per heavy atom. The molecule has 0 spiro atoms. The van der Waals surface area contributed by atoms with Gasteiger partial charge in [0.05, 0.1) is 0 Å². The van der Waals surface area contributed by atoms with E-state index in [1.54, 1.807) is 18.2 Å². The lowest BCUT2D eigenvalue weighted by atomic mass is 9.80. The van der Waals surface area contributed by atoms with E-state index < -0.39 is 0 Å². The summed E-state index contributed by atoms with van der Waals surface area (Å²) in [5, 5.41) is 81.7. The van der Waals surface area contributed by atoms with E-state index in [9.17, 15) is 38.7 Å². The minimum Gasteiger partial charge on any atom is -0.507 e. The molecule has 5 unspecified atom stereocenters. The predicted octanol–water partition coefficient (Wildman–Crippen LogP) is 24.0. The highest BCUT2D eigenvalue weighted by Crippen LogP contribution is 2.39. The normalized spacial score (nSPS) is 12.7. The Bertz CT molecular complexity index is 5750. The zero-order chi connectivity index (χ0) is 100. The van der Waals surface area contributed by atoms with Crippen molar-refractivity contribution in [1.29, 1.82) is 0 Å². The van der Waals surface area contributed by atoms with Crippen LogP contribution in [-0.2, 0) is 67.2 Å². The Labute approximate surface area is 817 Å². The summed E-state index contributed by atoms with van der Waals surface area (Å²) in [7, 11) is 1.69. The lowest BCUT2D eigenvalue weighted by molar-refractivity contribution is 0.424. The summed E-state index contributed by atoms with van der Waals surface area (Å²) in [6, 6.07) is 77.2. The average molecular weight is 1920 g/mol. The van der Waals surface area contributed by atoms with E-state index >= 15 is 0 Å². The first-order valence-electron chi connectivity index (χ1n) is 47.0. The van der Waals surface area contributed by atoms with Gasteiger partial charge in [-0.2, -0.15) is 0 Å². The highest BCUT2D eigenvalue weighted by atomic mass is 31.1. The van der Waals surface area contributed by atoms with Gasteiger partial charge in [0.2, 0.25) is 0 Å². The molecule has 12 aromatic rings. The number of hydrogen-bond donors (Lipinski definition) is 10. The fourth-order valence-corrected chi connectivity index (χ4v) is 20.8. The first-order valence-corrected chi connectivity index (χ1v) is 52.0. The zero-order valence-electron chi connectivity index (χ0n) is 85.8. The van der Waals surface area contributed by atoms with Crippen LogP contribution < -0.4 is 79.6 Å². The summed E-state index contributed by atoms with van der Waals surface area (Å²) in [4.78, 5) is 0. The van der Waals surface area contributed by atoms with Crippen molar-refractivity contribution in [3.8, 4) is 28.7 Å². The van der Waals surface area contributed by atoms with E-state index in [1.807, 2.05) is 79.7 Å². The van der Waals surface area contributed by atoms with Crippen LogP contribution in [-0.4, -0.2) is 53.2 Å². The molecule has 10 N–H and O–H groups in total. The molecule has 0 heterocycles. The van der Waals surface area contributed by atoms with Crippen molar-refractivity contribution in [1.82, 2.24) is 26.6 Å². The maximum absolute atomic E-state index is 14.0. The number of aromatic hydroxyl groups is 5. The monoisotopic (exact) mass is 1920 g/mol. The van der Waals surface area contributed by atoms with Crippen LogP contribution >= 0.6 is 42.9 Å². The van der Waals surface area contributed by atoms with Gasteiger partial charge in [-0.25, -0.2) is 13.2 Å². The molecule has 0 amide bonds. The number of phenols is 5. The van der Waals surface area contributed by atoms with Crippen molar-refractivity contribution >= 4 is 95.9 Å². The van der Waals surface area contributed by atoms with Gasteiger partial charge >= 0.3 is 0 Å². The highest BCUT2D eigenvalue weighted by Gasteiger charge is 2.29. The zero-order valence-corrected chi connectivity index (χ0v) is 90.8. The Morgan fingerprint density at radius 3 is 0.948 bits per heavy atom. The molecule has 0 bridgehead atoms. The van der Waals surface area contributed by atoms with Gasteiger partial charge in [0.15, 0.2) is 0 Å². The topological polar surface area (TPSA) is 161 Å². The summed E-state index contributed by atoms with van der Waals surface area (Å²) in [5.74, 6) is 1.19. The smallest absolute Gasteiger partial charge is 0.127 e. The molecule has 0 aliphatic carbocycles. The van der Waals surface area contributed by atoms with Crippen LogP contribution in [0.4, 0.5) is 13.2 Å². The van der Waals surface area contributed by atoms with Crippen LogP contribution in [0.15, 0.2) is 237 Å². The van der Waals surface area contributed by atoms with Gasteiger partial charge in [-0.1, -0.05) is 296 Å². The summed E-state index contributed by atoms with van der Waals surface area (Å²) in [5.41, 5.74) is 16.2. The minimum absolute atomic E-state index is 0.0110. The van der Waals surface area contributed by atoms with Gasteiger partial charge in [-0.15, -0.1) is 0 Å². The standard InChI is InChI=1S/C25H37FNOP.2C24H28NOP.2C22H31FNOP/c1-23(2,3)17-13-19(24(4,5)6)22(28)21(14-17)29-20-11-10-18(26)12-16(20)15-27-25(7,8)9;1-24(2,3)25-17-20-12-7-8-14-21(20)27-22-15-9-13-19(23(22)26)16-18-10-5-4-6-11-18;1-24(2,3)25-17-20-11-7-8-12-22(20)27-23-16-19(13-14-21(23)26)15-18-9-5-4-6-10-18;1-14-10-16(21(2,3)4)12-19(20(14)25)26-18-9-8-17(23)11-15(18)13-24-22(5,6)7;1-14-10-17(21(2,3)4)20(25)19(11-14)26-18-9-8-16(23)12-15(18)13-24-22(5,6)7/h10-14,27-29H,15H2,1-9H3;4-15,25-27H,16-17H2,1-3H3;4-14,16,25-27H,15,17H2,1-3H3;2*8-12,24-26H,13H2,1-7H3. The second kappa shape index (κ2) is 48.3. The third-order valence-electron chi connectivity index (χ3n) is 22.3. The number of para-hydroxylation sites is 1. The van der Waals surface area contributed by atoms with Crippen molar-refractivity contribution in [2.24, 2.45) is 0 Å². The lowest BCUT2D eigenvalue weighted by Gasteiger charge is -2.28. The average Bonchev–Trinajstić information content (AvgIpc) is 0.774. The highest BCUT2D eigenvalue weighted by molar-refractivity contribution is 7.57. The number of nitrogens with one attached hydrogen (secondary N) is 5. The second-order valence-corrected chi connectivity index (χ2v) is 51.3. The maximum atomic E-state index is 14.0. The van der Waals surface area contributed by atoms with Crippen LogP contribution in [0.1, 0.15) is 270 Å². The molecule has 135 heavy (non-hydrogen) atoms. The van der Waals surface area contributed by atoms with Gasteiger partial charge in [0.1, 0.15) is 46.2 Å². The van der Waals surface area contributed by atoms with E-state index in [1.165, 1.54) is 67.8 Å². The minimum atomic E-state index is -0.229. The van der Waals surface area contributed by atoms with Gasteiger partial charge in [0, 0.05) is 104 Å². The molecule has 0 saturated carbocycles. The molecule has 0 saturated heterocycles. The molecule has 10 nitrogen and oxygen atoms in total. The van der Waals surface area contributed by atoms with Gasteiger partial charge in [0.25, 0.3) is 0 Å². The first-order chi connectivity index (χ1) is 62.6. The molecule has 0 aliphatic rings. The Balaban J connectivity index is 0.000000208. The fourth-order valence-electron chi connectivity index (χ4n) is 14.4. The van der Waals surface area contributed by atoms with Crippen LogP contribution in [0.5, 0.6) is 28.7 Å². The third-order valence-corrected chi connectivity index (χ3v) is 29.4. The molecule has 0 radical (unpaired) electrons. The van der Waals surface area contributed by atoms with Crippen molar-refractivity contribution in [3.63, 3.8) is 0 Å². The molecule has 5 atom stereocenters. The third kappa shape index (κ3) is 37.6. The maximum Gasteiger partial charge on any atom is 0.127 e. The number of rotatable bonds is 24. The largest absolute Gasteiger partial charge is 0.507 e. The molecule has 0 aromatic heterocycles. The summed E-state index contributed by atoms with van der Waals surface area (Å²) >= 11 is 0. The summed E-state index contributed by atoms with van der Waals surface area (Å²) in [6.45, 7) is 65.1. The molecule has 12 rings (SSSR count). The van der Waals surface area contributed by atoms with Crippen molar-refractivity contribution in [3.05, 3.63) is 337 Å². The molecule has 724 valence electrons. The van der Waals surface area contributed by atoms with Gasteiger partial charge in [-0.05, 0) is 311 Å². The Kier molecular flexibility index (Phi) is 40.0. The van der Waals surface area contributed by atoms with Crippen molar-refractivity contribution < 1.29 is 38.7 Å². The van der Waals surface area contributed by atoms with Crippen LogP contribution in [0, 0.1) is 31.3 Å². The van der Waals surface area contributed by atoms with E-state index in [0.29, 0.717) is 65.5 Å². The SMILES string of the molecule is CC(C)(C)NCc1cc(F)ccc1Pc1cc(C(C)(C)C)cc(C(C)(C)C)c1O.CC(C)(C)NCc1ccccc1Pc1cc(Cc2ccccc2)ccc1O.CC(C)(C)NCc1ccccc1Pc1cccc(Cc2ccccc2)c1O.Cc1cc(C(C)(C)C)cc(Pc2ccc(F)cc2CNC(C)(C)C)c1O.Cc1cc(Pc2ccc(F)cc2CNC(C)(C)C)c(O)c(C(C)(C)C)c1. The van der Waals surface area contributed by atoms with Gasteiger partial charge in [-0.3, -0.25) is 0 Å². The van der Waals surface area contributed by atoms with Gasteiger partial charge < -0.3 is 52.1 Å². The summed E-state index contributed by atoms with van der Waals surface area (Å²) in [6.07, 6.45) is 1.63. The molecule has 12 aromatic carbocycles. The second-order valence-electron chi connectivity index (χ2n) is 44.7. The van der Waals surface area contributed by atoms with Crippen molar-refractivity contribution in [2.45, 2.75) is 296 Å². The van der Waals surface area contributed by atoms with E-state index in [4.69, 9.17) is 0 Å². The van der Waals surface area contributed by atoms with Crippen LogP contribution in [0.25, 0.3) is 0 Å². The summed E-state index contributed by atoms with van der Waals surface area (Å²) < 4.78 is 41.5. The number of aryl methyl sites for hydroxylation is 2. The number of benzene rings is 12. The van der Waals surface area contributed by atoms with Crippen LogP contribution in [0.3, 0.4) is 0 Å². The predicted molar refractivity (Wildman–Crippen MR) is 586 cm³/mol. The molecular formula is C117H155F3N5O5P5. The first kappa shape index (κ1) is 112. The fraction of sp³-hybridized carbons (Fsp3) is 0.385. The van der Waals surface area contributed by atoms with Crippen molar-refractivity contribution in [2.75, 3.05) is 0 Å². The Hall–Kier alpha value is -8.62. The van der Waals surface area contributed by atoms with E-state index in [-0.39, 0.29) is 92.5 Å². The molecule has 18 heteroatoms. The van der Waals surface area contributed by atoms with Crippen LogP contribution in [0.2, 0.25) is 0 Å². The number of hydrogen-bond acceptors (Lipinski definition) is 10. The molecule has 0 fully saturated rings. The quantitative estimate of drug-likeness (QED) is 0.0264. The lowest BCUT2D eigenvalue weighted by Crippen LogP contribution is -2.36. The Morgan fingerprint density at radius 2 is 0.556 bits per heavy atom. The van der Waals surface area contributed by atoms with E-state index in [0.717, 1.165) is 113 Å².